The average Bonchev–Trinajstić information content (AvgIpc) is 2.69. The molecule has 1 aromatic rings. The van der Waals surface area contributed by atoms with Crippen LogP contribution in [-0.2, 0) is 13.0 Å². The molecular formula is C18H29NO2. The van der Waals surface area contributed by atoms with Crippen molar-refractivity contribution in [3.05, 3.63) is 29.3 Å². The lowest BCUT2D eigenvalue weighted by Crippen LogP contribution is -2.29. The van der Waals surface area contributed by atoms with E-state index in [1.165, 1.54) is 11.1 Å². The van der Waals surface area contributed by atoms with E-state index in [1.807, 2.05) is 0 Å². The summed E-state index contributed by atoms with van der Waals surface area (Å²) in [6, 6.07) is 6.50. The first-order valence-corrected chi connectivity index (χ1v) is 7.94. The summed E-state index contributed by atoms with van der Waals surface area (Å²) >= 11 is 0. The van der Waals surface area contributed by atoms with Crippen LogP contribution in [0.5, 0.6) is 5.75 Å². The van der Waals surface area contributed by atoms with E-state index in [4.69, 9.17) is 9.84 Å². The van der Waals surface area contributed by atoms with E-state index in [0.29, 0.717) is 0 Å². The Bertz CT molecular complexity index is 480. The minimum atomic E-state index is -0.0688. The van der Waals surface area contributed by atoms with Gasteiger partial charge < -0.3 is 15.2 Å². The number of fused-ring (bicyclic) bond motifs is 1. The normalized spacial score (nSPS) is 16.6. The third-order valence-corrected chi connectivity index (χ3v) is 4.07. The molecule has 118 valence electrons. The topological polar surface area (TPSA) is 41.5 Å². The largest absolute Gasteiger partial charge is 0.487 e. The Morgan fingerprint density at radius 2 is 2.10 bits per heavy atom. The number of hydrogen-bond acceptors (Lipinski definition) is 3. The van der Waals surface area contributed by atoms with E-state index in [-0.39, 0.29) is 17.6 Å². The molecule has 0 saturated carbocycles. The molecule has 0 aromatic heterocycles. The van der Waals surface area contributed by atoms with Gasteiger partial charge in [0.1, 0.15) is 11.4 Å². The predicted molar refractivity (Wildman–Crippen MR) is 86.7 cm³/mol. The summed E-state index contributed by atoms with van der Waals surface area (Å²) in [6.45, 7) is 10.9. The Morgan fingerprint density at radius 3 is 2.81 bits per heavy atom. The van der Waals surface area contributed by atoms with E-state index in [9.17, 15) is 0 Å². The van der Waals surface area contributed by atoms with Crippen molar-refractivity contribution in [2.75, 3.05) is 13.2 Å². The molecule has 3 heteroatoms. The Kier molecular flexibility index (Phi) is 4.95. The van der Waals surface area contributed by atoms with E-state index in [1.54, 1.807) is 0 Å². The third-order valence-electron chi connectivity index (χ3n) is 4.07. The molecule has 0 atom stereocenters. The zero-order valence-corrected chi connectivity index (χ0v) is 13.8. The number of hydrogen-bond donors (Lipinski definition) is 2. The molecule has 1 heterocycles. The Labute approximate surface area is 128 Å². The van der Waals surface area contributed by atoms with Crippen molar-refractivity contribution in [1.29, 1.82) is 0 Å². The maximum atomic E-state index is 8.93. The zero-order valence-electron chi connectivity index (χ0n) is 13.8. The standard InChI is InChI=1S/C18H29NO2/c1-17(2,8-5-9-20)13-19-12-14-6-7-16-15(10-14)11-18(3,4)21-16/h6-7,10,19-20H,5,8-9,11-13H2,1-4H3. The summed E-state index contributed by atoms with van der Waals surface area (Å²) in [6.07, 6.45) is 2.90. The van der Waals surface area contributed by atoms with Crippen LogP contribution in [0.1, 0.15) is 51.7 Å². The van der Waals surface area contributed by atoms with Crippen molar-refractivity contribution in [2.24, 2.45) is 5.41 Å². The number of ether oxygens (including phenoxy) is 1. The molecule has 0 aliphatic carbocycles. The van der Waals surface area contributed by atoms with Gasteiger partial charge in [-0.1, -0.05) is 26.0 Å². The minimum absolute atomic E-state index is 0.0688. The first-order valence-electron chi connectivity index (χ1n) is 7.94. The van der Waals surface area contributed by atoms with Crippen molar-refractivity contribution in [3.63, 3.8) is 0 Å². The lowest BCUT2D eigenvalue weighted by Gasteiger charge is -2.24. The molecule has 2 N–H and O–H groups in total. The van der Waals surface area contributed by atoms with Crippen molar-refractivity contribution in [3.8, 4) is 5.75 Å². The molecular weight excluding hydrogens is 262 g/mol. The summed E-state index contributed by atoms with van der Waals surface area (Å²) in [7, 11) is 0. The Hall–Kier alpha value is -1.06. The first-order chi connectivity index (χ1) is 9.81. The van der Waals surface area contributed by atoms with Crippen LogP contribution in [0.25, 0.3) is 0 Å². The highest BCUT2D eigenvalue weighted by Crippen LogP contribution is 2.35. The van der Waals surface area contributed by atoms with Gasteiger partial charge in [0, 0.05) is 26.1 Å². The third kappa shape index (κ3) is 4.72. The smallest absolute Gasteiger partial charge is 0.123 e. The monoisotopic (exact) mass is 291 g/mol. The lowest BCUT2D eigenvalue weighted by molar-refractivity contribution is 0.138. The molecule has 1 aliphatic heterocycles. The first kappa shape index (κ1) is 16.3. The highest BCUT2D eigenvalue weighted by molar-refractivity contribution is 5.41. The highest BCUT2D eigenvalue weighted by Gasteiger charge is 2.29. The quantitative estimate of drug-likeness (QED) is 0.810. The molecule has 0 amide bonds. The van der Waals surface area contributed by atoms with Crippen LogP contribution in [0.3, 0.4) is 0 Å². The van der Waals surface area contributed by atoms with E-state index >= 15 is 0 Å². The van der Waals surface area contributed by atoms with Gasteiger partial charge >= 0.3 is 0 Å². The fraction of sp³-hybridized carbons (Fsp3) is 0.667. The fourth-order valence-corrected chi connectivity index (χ4v) is 2.96. The number of aliphatic hydroxyl groups is 1. The summed E-state index contributed by atoms with van der Waals surface area (Å²) in [5.74, 6) is 1.03. The number of benzene rings is 1. The van der Waals surface area contributed by atoms with Gasteiger partial charge in [-0.05, 0) is 49.3 Å². The lowest BCUT2D eigenvalue weighted by atomic mass is 9.88. The summed E-state index contributed by atoms with van der Waals surface area (Å²) < 4.78 is 5.91. The van der Waals surface area contributed by atoms with Crippen LogP contribution < -0.4 is 10.1 Å². The van der Waals surface area contributed by atoms with Crippen LogP contribution in [0.2, 0.25) is 0 Å². The van der Waals surface area contributed by atoms with Gasteiger partial charge in [0.25, 0.3) is 0 Å². The van der Waals surface area contributed by atoms with E-state index in [2.05, 4.69) is 51.2 Å². The number of nitrogens with one attached hydrogen (secondary N) is 1. The molecule has 0 spiro atoms. The maximum absolute atomic E-state index is 8.93. The van der Waals surface area contributed by atoms with Crippen molar-refractivity contribution < 1.29 is 9.84 Å². The van der Waals surface area contributed by atoms with Crippen LogP contribution in [0.4, 0.5) is 0 Å². The van der Waals surface area contributed by atoms with Gasteiger partial charge in [0.15, 0.2) is 0 Å². The predicted octanol–water partition coefficient (Wildman–Crippen LogP) is 3.29. The second kappa shape index (κ2) is 6.37. The number of aliphatic hydroxyl groups excluding tert-OH is 1. The minimum Gasteiger partial charge on any atom is -0.487 e. The van der Waals surface area contributed by atoms with Crippen LogP contribution >= 0.6 is 0 Å². The van der Waals surface area contributed by atoms with Crippen molar-refractivity contribution in [2.45, 2.75) is 59.1 Å². The molecule has 0 fully saturated rings. The van der Waals surface area contributed by atoms with Gasteiger partial charge in [0.2, 0.25) is 0 Å². The van der Waals surface area contributed by atoms with Gasteiger partial charge in [-0.3, -0.25) is 0 Å². The van der Waals surface area contributed by atoms with Gasteiger partial charge in [-0.25, -0.2) is 0 Å². The molecule has 21 heavy (non-hydrogen) atoms. The molecule has 0 bridgehead atoms. The SMILES string of the molecule is CC(C)(CCCO)CNCc1ccc2c(c1)CC(C)(C)O2. The van der Waals surface area contributed by atoms with Gasteiger partial charge in [-0.15, -0.1) is 0 Å². The van der Waals surface area contributed by atoms with Crippen molar-refractivity contribution >= 4 is 0 Å². The maximum Gasteiger partial charge on any atom is 0.123 e. The fourth-order valence-electron chi connectivity index (χ4n) is 2.96. The molecule has 3 nitrogen and oxygen atoms in total. The Morgan fingerprint density at radius 1 is 1.33 bits per heavy atom. The molecule has 1 aliphatic rings. The molecule has 2 rings (SSSR count). The average molecular weight is 291 g/mol. The molecule has 0 radical (unpaired) electrons. The summed E-state index contributed by atoms with van der Waals surface area (Å²) in [5, 5.41) is 12.5. The molecule has 0 unspecified atom stereocenters. The zero-order chi connectivity index (χ0) is 15.5. The summed E-state index contributed by atoms with van der Waals surface area (Å²) in [4.78, 5) is 0. The van der Waals surface area contributed by atoms with Crippen LogP contribution in [-0.4, -0.2) is 23.9 Å². The van der Waals surface area contributed by atoms with E-state index in [0.717, 1.165) is 38.1 Å². The van der Waals surface area contributed by atoms with Gasteiger partial charge in [0.05, 0.1) is 0 Å². The van der Waals surface area contributed by atoms with Crippen LogP contribution in [0.15, 0.2) is 18.2 Å². The molecule has 0 saturated heterocycles. The van der Waals surface area contributed by atoms with Crippen molar-refractivity contribution in [1.82, 2.24) is 5.32 Å². The van der Waals surface area contributed by atoms with Crippen LogP contribution in [0, 0.1) is 5.41 Å². The van der Waals surface area contributed by atoms with E-state index < -0.39 is 0 Å². The van der Waals surface area contributed by atoms with Gasteiger partial charge in [-0.2, -0.15) is 0 Å². The Balaban J connectivity index is 1.85. The highest BCUT2D eigenvalue weighted by atomic mass is 16.5. The second-order valence-corrected chi connectivity index (χ2v) is 7.58. The summed E-state index contributed by atoms with van der Waals surface area (Å²) in [5.41, 5.74) is 2.79. The second-order valence-electron chi connectivity index (χ2n) is 7.58. The number of rotatable bonds is 7. The molecule has 1 aromatic carbocycles.